The number of nitrogens with two attached hydrogens (primary N) is 1. The van der Waals surface area contributed by atoms with E-state index in [1.807, 2.05) is 53.4 Å². The number of hydrogen-bond donors (Lipinski definition) is 1. The fourth-order valence-electron chi connectivity index (χ4n) is 3.09. The Morgan fingerprint density at radius 1 is 1.08 bits per heavy atom. The third-order valence-electron chi connectivity index (χ3n) is 4.47. The summed E-state index contributed by atoms with van der Waals surface area (Å²) < 4.78 is 13.5. The first-order valence-corrected chi connectivity index (χ1v) is 8.56. The van der Waals surface area contributed by atoms with E-state index in [0.29, 0.717) is 6.61 Å². The third-order valence-corrected chi connectivity index (χ3v) is 4.47. The van der Waals surface area contributed by atoms with E-state index >= 15 is 0 Å². The van der Waals surface area contributed by atoms with E-state index < -0.39 is 0 Å². The maximum Gasteiger partial charge on any atom is 0.145 e. The fourth-order valence-corrected chi connectivity index (χ4v) is 3.09. The topological polar surface area (TPSA) is 65.5 Å². The number of para-hydroxylation sites is 1. The normalized spacial score (nSPS) is 15.5. The summed E-state index contributed by atoms with van der Waals surface area (Å²) in [6.45, 7) is 5.09. The molecule has 4 rings (SSSR count). The molecule has 0 spiro atoms. The van der Waals surface area contributed by atoms with Crippen molar-refractivity contribution in [2.24, 2.45) is 0 Å². The van der Waals surface area contributed by atoms with Crippen LogP contribution in [0.15, 0.2) is 48.8 Å². The minimum atomic E-state index is 0.645. The molecule has 6 heteroatoms. The number of aromatic nitrogens is 2. The van der Waals surface area contributed by atoms with Crippen molar-refractivity contribution in [2.45, 2.75) is 0 Å². The molecule has 6 nitrogen and oxygen atoms in total. The van der Waals surface area contributed by atoms with Crippen molar-refractivity contribution in [2.75, 3.05) is 45.2 Å². The van der Waals surface area contributed by atoms with Crippen molar-refractivity contribution < 1.29 is 9.47 Å². The van der Waals surface area contributed by atoms with Crippen LogP contribution in [0.5, 0.6) is 5.75 Å². The lowest BCUT2D eigenvalue weighted by atomic mass is 10.2. The van der Waals surface area contributed by atoms with Gasteiger partial charge in [0.1, 0.15) is 24.2 Å². The van der Waals surface area contributed by atoms with Gasteiger partial charge in [0.25, 0.3) is 0 Å². The van der Waals surface area contributed by atoms with Gasteiger partial charge in [-0.15, -0.1) is 0 Å². The molecule has 3 aromatic rings. The van der Waals surface area contributed by atoms with Crippen molar-refractivity contribution in [3.63, 3.8) is 0 Å². The van der Waals surface area contributed by atoms with Crippen LogP contribution in [0.4, 0.5) is 5.69 Å². The van der Waals surface area contributed by atoms with E-state index in [9.17, 15) is 0 Å². The van der Waals surface area contributed by atoms with Crippen molar-refractivity contribution in [3.8, 4) is 11.4 Å². The van der Waals surface area contributed by atoms with Crippen LogP contribution in [-0.2, 0) is 4.74 Å². The molecular formula is C19H22N4O2. The maximum atomic E-state index is 6.10. The van der Waals surface area contributed by atoms with E-state index in [2.05, 4.69) is 9.88 Å². The van der Waals surface area contributed by atoms with E-state index in [-0.39, 0.29) is 0 Å². The highest BCUT2D eigenvalue weighted by atomic mass is 16.5. The summed E-state index contributed by atoms with van der Waals surface area (Å²) in [4.78, 5) is 6.86. The Bertz CT molecular complexity index is 838. The number of anilines is 1. The number of ether oxygens (including phenoxy) is 2. The van der Waals surface area contributed by atoms with Crippen molar-refractivity contribution in [1.82, 2.24) is 14.5 Å². The molecule has 0 bridgehead atoms. The average Bonchev–Trinajstić information content (AvgIpc) is 3.08. The maximum absolute atomic E-state index is 6.10. The molecule has 1 saturated heterocycles. The number of rotatable bonds is 5. The highest BCUT2D eigenvalue weighted by Gasteiger charge is 2.13. The molecule has 0 radical (unpaired) electrons. The molecule has 0 atom stereocenters. The van der Waals surface area contributed by atoms with Crippen LogP contribution in [0.3, 0.4) is 0 Å². The van der Waals surface area contributed by atoms with Gasteiger partial charge in [0.2, 0.25) is 0 Å². The molecule has 0 amide bonds. The largest absolute Gasteiger partial charge is 0.490 e. The summed E-state index contributed by atoms with van der Waals surface area (Å²) in [7, 11) is 0. The van der Waals surface area contributed by atoms with Gasteiger partial charge in [0.15, 0.2) is 0 Å². The highest BCUT2D eigenvalue weighted by molar-refractivity contribution is 5.83. The number of morpholine rings is 1. The predicted molar refractivity (Wildman–Crippen MR) is 98.2 cm³/mol. The predicted octanol–water partition coefficient (Wildman–Crippen LogP) is 2.32. The standard InChI is InChI=1S/C19H22N4O2/c20-15-4-6-16(7-5-15)23-14-21-17-2-1-3-18(19(17)23)25-13-10-22-8-11-24-12-9-22/h1-7,14H,8-13,20H2. The van der Waals surface area contributed by atoms with Gasteiger partial charge in [-0.3, -0.25) is 9.47 Å². The van der Waals surface area contributed by atoms with Gasteiger partial charge in [0.05, 0.1) is 18.7 Å². The minimum absolute atomic E-state index is 0.645. The van der Waals surface area contributed by atoms with Crippen molar-refractivity contribution >= 4 is 16.7 Å². The first-order chi connectivity index (χ1) is 12.3. The van der Waals surface area contributed by atoms with Gasteiger partial charge in [-0.1, -0.05) is 6.07 Å². The molecule has 0 aliphatic carbocycles. The van der Waals surface area contributed by atoms with E-state index in [0.717, 1.165) is 61.0 Å². The Labute approximate surface area is 146 Å². The molecule has 130 valence electrons. The van der Waals surface area contributed by atoms with Crippen LogP contribution < -0.4 is 10.5 Å². The first kappa shape index (κ1) is 15.9. The second-order valence-electron chi connectivity index (χ2n) is 6.13. The number of fused-ring (bicyclic) bond motifs is 1. The Hall–Kier alpha value is -2.57. The molecule has 2 N–H and O–H groups in total. The number of imidazole rings is 1. The van der Waals surface area contributed by atoms with Crippen LogP contribution in [0.1, 0.15) is 0 Å². The molecule has 2 aromatic carbocycles. The zero-order valence-electron chi connectivity index (χ0n) is 14.1. The number of nitrogens with zero attached hydrogens (tertiary/aromatic N) is 3. The van der Waals surface area contributed by atoms with Crippen LogP contribution in [-0.4, -0.2) is 53.9 Å². The van der Waals surface area contributed by atoms with Gasteiger partial charge >= 0.3 is 0 Å². The summed E-state index contributed by atoms with van der Waals surface area (Å²) in [6, 6.07) is 13.7. The minimum Gasteiger partial charge on any atom is -0.490 e. The zero-order valence-corrected chi connectivity index (χ0v) is 14.1. The molecule has 0 unspecified atom stereocenters. The molecule has 1 aromatic heterocycles. The zero-order chi connectivity index (χ0) is 17.1. The summed E-state index contributed by atoms with van der Waals surface area (Å²) in [5, 5.41) is 0. The molecule has 0 saturated carbocycles. The molecule has 1 aliphatic rings. The molecule has 2 heterocycles. The lowest BCUT2D eigenvalue weighted by molar-refractivity contribution is 0.0323. The Morgan fingerprint density at radius 3 is 2.68 bits per heavy atom. The fraction of sp³-hybridized carbons (Fsp3) is 0.316. The van der Waals surface area contributed by atoms with Gasteiger partial charge in [-0.25, -0.2) is 4.98 Å². The Kier molecular flexibility index (Phi) is 4.54. The summed E-state index contributed by atoms with van der Waals surface area (Å²) in [5.41, 5.74) is 9.45. The second kappa shape index (κ2) is 7.13. The van der Waals surface area contributed by atoms with Crippen molar-refractivity contribution in [1.29, 1.82) is 0 Å². The van der Waals surface area contributed by atoms with Crippen LogP contribution in [0, 0.1) is 0 Å². The van der Waals surface area contributed by atoms with E-state index in [1.54, 1.807) is 0 Å². The molecular weight excluding hydrogens is 316 g/mol. The highest BCUT2D eigenvalue weighted by Crippen LogP contribution is 2.28. The van der Waals surface area contributed by atoms with Crippen molar-refractivity contribution in [3.05, 3.63) is 48.8 Å². The lowest BCUT2D eigenvalue weighted by Crippen LogP contribution is -2.38. The summed E-state index contributed by atoms with van der Waals surface area (Å²) in [6.07, 6.45) is 1.82. The number of benzene rings is 2. The van der Waals surface area contributed by atoms with Gasteiger partial charge in [-0.2, -0.15) is 0 Å². The van der Waals surface area contributed by atoms with Crippen LogP contribution in [0.2, 0.25) is 0 Å². The van der Waals surface area contributed by atoms with Crippen LogP contribution in [0.25, 0.3) is 16.7 Å². The monoisotopic (exact) mass is 338 g/mol. The Morgan fingerprint density at radius 2 is 1.88 bits per heavy atom. The number of hydrogen-bond acceptors (Lipinski definition) is 5. The summed E-state index contributed by atoms with van der Waals surface area (Å²) in [5.74, 6) is 0.847. The smallest absolute Gasteiger partial charge is 0.145 e. The Balaban J connectivity index is 1.56. The first-order valence-electron chi connectivity index (χ1n) is 8.56. The lowest BCUT2D eigenvalue weighted by Gasteiger charge is -2.26. The molecule has 1 aliphatic heterocycles. The quantitative estimate of drug-likeness (QED) is 0.723. The summed E-state index contributed by atoms with van der Waals surface area (Å²) >= 11 is 0. The SMILES string of the molecule is Nc1ccc(-n2cnc3cccc(OCCN4CCOCC4)c32)cc1. The van der Waals surface area contributed by atoms with E-state index in [4.69, 9.17) is 15.2 Å². The average molecular weight is 338 g/mol. The molecule has 1 fully saturated rings. The van der Waals surface area contributed by atoms with Gasteiger partial charge < -0.3 is 15.2 Å². The number of nitrogen functional groups attached to an aromatic ring is 1. The molecule has 25 heavy (non-hydrogen) atoms. The third kappa shape index (κ3) is 3.45. The van der Waals surface area contributed by atoms with Crippen LogP contribution >= 0.6 is 0 Å². The van der Waals surface area contributed by atoms with Gasteiger partial charge in [0, 0.05) is 31.0 Å². The van der Waals surface area contributed by atoms with Gasteiger partial charge in [-0.05, 0) is 36.4 Å². The van der Waals surface area contributed by atoms with E-state index in [1.165, 1.54) is 0 Å². The second-order valence-corrected chi connectivity index (χ2v) is 6.13.